The summed E-state index contributed by atoms with van der Waals surface area (Å²) in [6, 6.07) is 16.3. The minimum atomic E-state index is -0.348. The Morgan fingerprint density at radius 2 is 1.67 bits per heavy atom. The van der Waals surface area contributed by atoms with Crippen molar-refractivity contribution in [2.45, 2.75) is 56.3 Å². The molecule has 1 unspecified atom stereocenters. The maximum absolute atomic E-state index is 2.57. The van der Waals surface area contributed by atoms with Crippen molar-refractivity contribution in [1.29, 1.82) is 0 Å². The van der Waals surface area contributed by atoms with Crippen molar-refractivity contribution < 1.29 is 47.2 Å². The van der Waals surface area contributed by atoms with Crippen LogP contribution in [0.3, 0.4) is 0 Å². The molecular weight excluding hydrogens is 466 g/mol. The predicted octanol–water partition coefficient (Wildman–Crippen LogP) is 0.886. The molecule has 0 nitrogen and oxygen atoms in total. The van der Waals surface area contributed by atoms with Gasteiger partial charge in [0.25, 0.3) is 0 Å². The molecule has 0 aliphatic heterocycles. The summed E-state index contributed by atoms with van der Waals surface area (Å²) in [5.74, 6) is -0.0726. The molecule has 0 spiro atoms. The van der Waals surface area contributed by atoms with Gasteiger partial charge in [-0.05, 0) is 0 Å². The minimum Gasteiger partial charge on any atom is -1.00 e. The molecule has 3 rings (SSSR count). The fourth-order valence-corrected chi connectivity index (χ4v) is 12.6. The molecule has 2 aromatic rings. The zero-order valence-corrected chi connectivity index (χ0v) is 21.8. The number of rotatable bonds is 7. The van der Waals surface area contributed by atoms with Crippen LogP contribution in [-0.4, -0.2) is 5.92 Å². The van der Waals surface area contributed by atoms with E-state index < -0.39 is 0 Å². The van der Waals surface area contributed by atoms with Gasteiger partial charge in [-0.15, -0.1) is 0 Å². The van der Waals surface area contributed by atoms with Gasteiger partial charge in [-0.1, -0.05) is 0 Å². The maximum atomic E-state index is 2.57. The van der Waals surface area contributed by atoms with Crippen molar-refractivity contribution in [3.05, 3.63) is 64.7 Å². The van der Waals surface area contributed by atoms with E-state index in [1.54, 1.807) is 11.1 Å². The molecule has 143 valence electrons. The summed E-state index contributed by atoms with van der Waals surface area (Å²) in [5, 5.41) is 0. The van der Waals surface area contributed by atoms with Crippen molar-refractivity contribution in [2.75, 3.05) is 0 Å². The number of benzene rings is 2. The average Bonchev–Trinajstić information content (AvgIpc) is 2.97. The summed E-state index contributed by atoms with van der Waals surface area (Å²) in [7, 11) is 0. The molecular formula is C23H29Cl2SiZr. The summed E-state index contributed by atoms with van der Waals surface area (Å²) < 4.78 is 0.837. The number of hydrogen-bond acceptors (Lipinski definition) is 0. The summed E-state index contributed by atoms with van der Waals surface area (Å²) in [4.78, 5) is 0. The molecule has 0 aromatic heterocycles. The number of halogens is 2. The van der Waals surface area contributed by atoms with E-state index >= 15 is 0 Å². The van der Waals surface area contributed by atoms with Crippen LogP contribution in [-0.2, 0) is 28.8 Å². The van der Waals surface area contributed by atoms with E-state index in [4.69, 9.17) is 0 Å². The van der Waals surface area contributed by atoms with Crippen LogP contribution >= 0.6 is 0 Å². The first-order chi connectivity index (χ1) is 12.1. The minimum absolute atomic E-state index is 0. The Labute approximate surface area is 190 Å². The number of aryl methyl sites for hydroxylation is 1. The number of hydrogen-bond donors (Lipinski definition) is 0. The normalized spacial score (nSPS) is 14.7. The molecule has 27 heavy (non-hydrogen) atoms. The molecule has 0 N–H and O–H groups in total. The third kappa shape index (κ3) is 5.92. The number of unbranched alkanes of at least 4 members (excludes halogenated alkanes) is 1. The summed E-state index contributed by atoms with van der Waals surface area (Å²) in [5.41, 5.74) is 9.19. The molecule has 0 heterocycles. The Morgan fingerprint density at radius 1 is 0.963 bits per heavy atom. The first kappa shape index (κ1) is 24.9. The smallest absolute Gasteiger partial charge is 1.00 e. The first-order valence-electron chi connectivity index (χ1n) is 9.63. The van der Waals surface area contributed by atoms with Gasteiger partial charge in [-0.2, -0.15) is 0 Å². The molecule has 0 saturated heterocycles. The van der Waals surface area contributed by atoms with Gasteiger partial charge in [-0.25, -0.2) is 0 Å². The molecule has 1 atom stereocenters. The predicted molar refractivity (Wildman–Crippen MR) is 109 cm³/mol. The Morgan fingerprint density at radius 3 is 2.26 bits per heavy atom. The Kier molecular flexibility index (Phi) is 10.8. The third-order valence-electron chi connectivity index (χ3n) is 5.08. The van der Waals surface area contributed by atoms with Crippen LogP contribution in [0.4, 0.5) is 0 Å². The molecule has 0 saturated carbocycles. The summed E-state index contributed by atoms with van der Waals surface area (Å²) in [6.07, 6.45) is 7.63. The zero-order valence-electron chi connectivity index (χ0n) is 16.8. The van der Waals surface area contributed by atoms with Gasteiger partial charge in [0, 0.05) is 0 Å². The molecule has 4 heteroatoms. The molecule has 0 fully saturated rings. The van der Waals surface area contributed by atoms with Gasteiger partial charge in [0.2, 0.25) is 0 Å². The van der Waals surface area contributed by atoms with Gasteiger partial charge in [0.15, 0.2) is 0 Å². The summed E-state index contributed by atoms with van der Waals surface area (Å²) in [6.45, 7) is 9.59. The fraction of sp³-hybridized carbons (Fsp3) is 0.391. The monoisotopic (exact) mass is 493 g/mol. The van der Waals surface area contributed by atoms with Crippen molar-refractivity contribution in [3.8, 4) is 11.1 Å². The van der Waals surface area contributed by atoms with E-state index in [2.05, 4.69) is 75.5 Å². The topological polar surface area (TPSA) is 0 Å². The van der Waals surface area contributed by atoms with Crippen LogP contribution in [0.25, 0.3) is 17.2 Å². The summed E-state index contributed by atoms with van der Waals surface area (Å²) >= 11 is -0.348. The second-order valence-corrected chi connectivity index (χ2v) is 20.5. The van der Waals surface area contributed by atoms with Crippen molar-refractivity contribution in [3.63, 3.8) is 0 Å². The van der Waals surface area contributed by atoms with E-state index in [1.165, 1.54) is 41.5 Å². The molecule has 1 radical (unpaired) electrons. The molecule has 0 bridgehead atoms. The fourth-order valence-electron chi connectivity index (χ4n) is 3.69. The van der Waals surface area contributed by atoms with Crippen LogP contribution in [0.1, 0.15) is 53.4 Å². The standard InChI is InChI=1S/C21H23.C2H6Si.2ClH.Zr/c1-3-5-7-17-14-19-8-6-9-20(21(19)15-17)18-12-10-16(4-2)11-13-18;1-3-2;;;/h6,8-15H,3-5,7H2,1-2H3;1-2H3;2*1H;/q;;;;+2/p-2. The van der Waals surface area contributed by atoms with Crippen molar-refractivity contribution in [2.24, 2.45) is 0 Å². The maximum Gasteiger partial charge on any atom is -1.00 e. The number of fused-ring (bicyclic) bond motifs is 1. The van der Waals surface area contributed by atoms with Gasteiger partial charge >= 0.3 is 167 Å². The number of allylic oxidation sites excluding steroid dienone is 1. The van der Waals surface area contributed by atoms with Crippen LogP contribution in [0.5, 0.6) is 0 Å². The quantitative estimate of drug-likeness (QED) is 0.501. The second kappa shape index (κ2) is 11.8. The van der Waals surface area contributed by atoms with Gasteiger partial charge < -0.3 is 24.8 Å². The van der Waals surface area contributed by atoms with Gasteiger partial charge in [-0.3, -0.25) is 0 Å². The largest absolute Gasteiger partial charge is 1.00 e. The zero-order chi connectivity index (χ0) is 17.8. The van der Waals surface area contributed by atoms with Crippen LogP contribution in [0, 0.1) is 0 Å². The first-order valence-corrected chi connectivity index (χ1v) is 17.2. The Bertz CT molecular complexity index is 753. The van der Waals surface area contributed by atoms with E-state index in [9.17, 15) is 0 Å². The van der Waals surface area contributed by atoms with E-state index in [-0.39, 0.29) is 53.1 Å². The molecule has 0 amide bonds. The SMILES string of the molecule is CCCCC1=Cc2c(-c3ccc(CC)cc3)cccc2[CH]1[Zr+2][Si](C)C.[Cl-].[Cl-]. The molecule has 2 aromatic carbocycles. The molecule has 1 aliphatic carbocycles. The average molecular weight is 496 g/mol. The van der Waals surface area contributed by atoms with Crippen LogP contribution < -0.4 is 24.8 Å². The van der Waals surface area contributed by atoms with Gasteiger partial charge in [0.05, 0.1) is 0 Å². The van der Waals surface area contributed by atoms with Crippen LogP contribution in [0.2, 0.25) is 13.1 Å². The Hall–Kier alpha value is -0.140. The Balaban J connectivity index is 0.00000182. The van der Waals surface area contributed by atoms with Crippen molar-refractivity contribution >= 4 is 12.0 Å². The van der Waals surface area contributed by atoms with E-state index in [0.29, 0.717) is 0 Å². The van der Waals surface area contributed by atoms with Gasteiger partial charge in [0.1, 0.15) is 0 Å². The van der Waals surface area contributed by atoms with Crippen LogP contribution in [0.15, 0.2) is 48.0 Å². The molecule has 1 aliphatic rings. The van der Waals surface area contributed by atoms with Crippen molar-refractivity contribution in [1.82, 2.24) is 0 Å². The third-order valence-corrected chi connectivity index (χ3v) is 14.0. The van der Waals surface area contributed by atoms with E-state index in [0.717, 1.165) is 10.0 Å². The second-order valence-electron chi connectivity index (χ2n) is 7.26. The van der Waals surface area contributed by atoms with E-state index in [1.807, 2.05) is 0 Å².